The van der Waals surface area contributed by atoms with Crippen molar-refractivity contribution in [1.82, 2.24) is 14.9 Å². The lowest BCUT2D eigenvalue weighted by Crippen LogP contribution is -2.23. The van der Waals surface area contributed by atoms with Gasteiger partial charge in [0, 0.05) is 6.07 Å². The van der Waals surface area contributed by atoms with Crippen LogP contribution in [0.4, 0.5) is 0 Å². The van der Waals surface area contributed by atoms with Crippen LogP contribution in [-0.4, -0.2) is 27.2 Å². The van der Waals surface area contributed by atoms with Crippen molar-refractivity contribution in [3.63, 3.8) is 0 Å². The molecule has 0 aliphatic rings. The highest BCUT2D eigenvalue weighted by Gasteiger charge is 2.06. The summed E-state index contributed by atoms with van der Waals surface area (Å²) in [6, 6.07) is 3.30. The molecule has 0 spiro atoms. The van der Waals surface area contributed by atoms with E-state index in [-0.39, 0.29) is 5.62 Å². The van der Waals surface area contributed by atoms with Crippen LogP contribution in [0.1, 0.15) is 0 Å². The second-order valence-electron chi connectivity index (χ2n) is 2.80. The molecule has 0 saturated heterocycles. The van der Waals surface area contributed by atoms with E-state index in [0.29, 0.717) is 26.1 Å². The Morgan fingerprint density at radius 2 is 2.20 bits per heavy atom. The Morgan fingerprint density at radius 3 is 2.87 bits per heavy atom. The van der Waals surface area contributed by atoms with Crippen LogP contribution < -0.4 is 10.4 Å². The maximum Gasteiger partial charge on any atom is 0.277 e. The summed E-state index contributed by atoms with van der Waals surface area (Å²) in [5.74, 6) is 0.604. The predicted octanol–water partition coefficient (Wildman–Crippen LogP) is 0.919. The van der Waals surface area contributed by atoms with Gasteiger partial charge >= 0.3 is 0 Å². The van der Waals surface area contributed by atoms with Crippen molar-refractivity contribution in [2.75, 3.05) is 7.11 Å². The van der Waals surface area contributed by atoms with Crippen molar-refractivity contribution in [2.24, 2.45) is 0 Å². The molecule has 0 radical (unpaired) electrons. The molecule has 2 aromatic rings. The van der Waals surface area contributed by atoms with E-state index in [1.807, 2.05) is 0 Å². The van der Waals surface area contributed by atoms with Gasteiger partial charge in [0.25, 0.3) is 5.62 Å². The molecule has 0 atom stereocenters. The molecule has 2 N–H and O–H groups in total. The fourth-order valence-electron chi connectivity index (χ4n) is 1.17. The second kappa shape index (κ2) is 3.50. The number of hydrogen-bond donors (Lipinski definition) is 2. The molecule has 7 heteroatoms. The van der Waals surface area contributed by atoms with Gasteiger partial charge in [-0.25, -0.2) is 4.98 Å². The van der Waals surface area contributed by atoms with Gasteiger partial charge < -0.3 is 9.94 Å². The average molecular weight is 271 g/mol. The minimum Gasteiger partial charge on any atom is -0.495 e. The number of hydrogen-bond acceptors (Lipinski definition) is 5. The van der Waals surface area contributed by atoms with Crippen LogP contribution in [0.3, 0.4) is 0 Å². The van der Waals surface area contributed by atoms with Crippen molar-refractivity contribution in [3.05, 3.63) is 22.2 Å². The highest BCUT2D eigenvalue weighted by atomic mass is 79.9. The maximum atomic E-state index is 9.14. The van der Waals surface area contributed by atoms with Crippen molar-refractivity contribution in [1.29, 1.82) is 5.41 Å². The van der Waals surface area contributed by atoms with Gasteiger partial charge in [0.15, 0.2) is 0 Å². The lowest BCUT2D eigenvalue weighted by atomic mass is 10.3. The van der Waals surface area contributed by atoms with E-state index in [0.717, 1.165) is 0 Å². The van der Waals surface area contributed by atoms with Gasteiger partial charge in [0.1, 0.15) is 11.3 Å². The number of methoxy groups -OCH3 is 1. The number of ether oxygens (including phenoxy) is 1. The average Bonchev–Trinajstić information content (AvgIpc) is 2.20. The second-order valence-corrected chi connectivity index (χ2v) is 3.65. The number of nitrogens with zero attached hydrogens (tertiary/aromatic N) is 3. The van der Waals surface area contributed by atoms with Crippen LogP contribution in [0.15, 0.2) is 16.6 Å². The predicted molar refractivity (Wildman–Crippen MR) is 54.8 cm³/mol. The van der Waals surface area contributed by atoms with E-state index in [1.165, 1.54) is 7.11 Å². The number of aromatic nitrogens is 3. The number of rotatable bonds is 1. The molecule has 0 saturated carbocycles. The quantitative estimate of drug-likeness (QED) is 0.755. The first-order valence-corrected chi connectivity index (χ1v) is 4.79. The number of benzene rings is 1. The monoisotopic (exact) mass is 270 g/mol. The fraction of sp³-hybridized carbons (Fsp3) is 0.125. The van der Waals surface area contributed by atoms with Crippen molar-refractivity contribution in [2.45, 2.75) is 0 Å². The Balaban J connectivity index is 2.82. The first-order chi connectivity index (χ1) is 7.11. The molecular formula is C8H7BrN4O2. The summed E-state index contributed by atoms with van der Waals surface area (Å²) in [6.45, 7) is 0. The summed E-state index contributed by atoms with van der Waals surface area (Å²) < 4.78 is 5.79. The number of halogens is 1. The van der Waals surface area contributed by atoms with Crippen molar-refractivity contribution < 1.29 is 9.94 Å². The van der Waals surface area contributed by atoms with E-state index >= 15 is 0 Å². The molecule has 0 fully saturated rings. The first-order valence-electron chi connectivity index (χ1n) is 4.00. The largest absolute Gasteiger partial charge is 0.495 e. The van der Waals surface area contributed by atoms with E-state index in [1.54, 1.807) is 12.1 Å². The molecule has 1 aromatic carbocycles. The highest BCUT2D eigenvalue weighted by Crippen LogP contribution is 2.27. The zero-order valence-electron chi connectivity index (χ0n) is 7.73. The molecule has 1 aromatic heterocycles. The summed E-state index contributed by atoms with van der Waals surface area (Å²) in [5.41, 5.74) is 0.637. The van der Waals surface area contributed by atoms with E-state index in [9.17, 15) is 0 Å². The van der Waals surface area contributed by atoms with Gasteiger partial charge in [0.2, 0.25) is 0 Å². The zero-order chi connectivity index (χ0) is 11.0. The lowest BCUT2D eigenvalue weighted by molar-refractivity contribution is 0.128. The minimum atomic E-state index is -0.327. The van der Waals surface area contributed by atoms with Crippen LogP contribution in [0.25, 0.3) is 11.0 Å². The van der Waals surface area contributed by atoms with Crippen LogP contribution in [0.2, 0.25) is 0 Å². The van der Waals surface area contributed by atoms with Gasteiger partial charge in [0.05, 0.1) is 17.1 Å². The summed E-state index contributed by atoms with van der Waals surface area (Å²) in [4.78, 5) is 4.26. The normalized spacial score (nSPS) is 10.5. The molecule has 1 heterocycles. The third-order valence-electron chi connectivity index (χ3n) is 1.87. The topological polar surface area (TPSA) is 84.0 Å². The maximum absolute atomic E-state index is 9.14. The van der Waals surface area contributed by atoms with E-state index in [2.05, 4.69) is 26.0 Å². The van der Waals surface area contributed by atoms with Gasteiger partial charge in [-0.2, -0.15) is 0 Å². The van der Waals surface area contributed by atoms with Crippen molar-refractivity contribution in [3.8, 4) is 5.75 Å². The van der Waals surface area contributed by atoms with Crippen LogP contribution in [0, 0.1) is 5.41 Å². The Hall–Kier alpha value is -1.63. The van der Waals surface area contributed by atoms with Gasteiger partial charge in [-0.3, -0.25) is 5.41 Å². The molecule has 0 amide bonds. The first kappa shape index (κ1) is 9.91. The Labute approximate surface area is 92.7 Å². The molecule has 2 rings (SSSR count). The lowest BCUT2D eigenvalue weighted by Gasteiger charge is -2.04. The third kappa shape index (κ3) is 1.65. The molecule has 0 aliphatic heterocycles. The van der Waals surface area contributed by atoms with Gasteiger partial charge in [-0.1, -0.05) is 4.85 Å². The summed E-state index contributed by atoms with van der Waals surface area (Å²) >= 11 is 3.29. The molecule has 6 nitrogen and oxygen atoms in total. The van der Waals surface area contributed by atoms with Crippen LogP contribution in [0.5, 0.6) is 5.75 Å². The van der Waals surface area contributed by atoms with Crippen molar-refractivity contribution >= 4 is 27.0 Å². The number of fused-ring (bicyclic) bond motifs is 1. The van der Waals surface area contributed by atoms with Gasteiger partial charge in [-0.15, -0.1) is 5.10 Å². The number of nitrogens with one attached hydrogen (secondary N) is 1. The standard InChI is InChI=1S/C8H7BrN4O2/c1-15-7-3-5-6(2-4(7)9)12-13(14)8(10)11-5/h2-3,10,14H,1H3. The smallest absolute Gasteiger partial charge is 0.277 e. The van der Waals surface area contributed by atoms with E-state index < -0.39 is 0 Å². The summed E-state index contributed by atoms with van der Waals surface area (Å²) in [7, 11) is 1.54. The fourth-order valence-corrected chi connectivity index (χ4v) is 1.66. The zero-order valence-corrected chi connectivity index (χ0v) is 9.32. The highest BCUT2D eigenvalue weighted by molar-refractivity contribution is 9.10. The molecule has 0 aliphatic carbocycles. The van der Waals surface area contributed by atoms with Gasteiger partial charge in [-0.05, 0) is 22.0 Å². The summed E-state index contributed by atoms with van der Waals surface area (Å²) in [6.07, 6.45) is 0. The van der Waals surface area contributed by atoms with E-state index in [4.69, 9.17) is 15.4 Å². The molecule has 0 bridgehead atoms. The Morgan fingerprint density at radius 1 is 1.47 bits per heavy atom. The summed E-state index contributed by atoms with van der Waals surface area (Å²) in [5, 5.41) is 20.2. The molecule has 0 unspecified atom stereocenters. The third-order valence-corrected chi connectivity index (χ3v) is 2.49. The molecule has 15 heavy (non-hydrogen) atoms. The van der Waals surface area contributed by atoms with Crippen LogP contribution in [-0.2, 0) is 0 Å². The van der Waals surface area contributed by atoms with Crippen LogP contribution >= 0.6 is 15.9 Å². The molecule has 78 valence electrons. The molecular weight excluding hydrogens is 264 g/mol. The Bertz CT molecular complexity index is 581. The Kier molecular flexibility index (Phi) is 2.31. The minimum absolute atomic E-state index is 0.327. The SMILES string of the molecule is COc1cc2nc(=N)n(O)nc2cc1Br.